The lowest BCUT2D eigenvalue weighted by atomic mass is 10.0. The second-order valence-corrected chi connectivity index (χ2v) is 20.8. The van der Waals surface area contributed by atoms with Crippen molar-refractivity contribution < 1.29 is 44.6 Å². The molecule has 0 aliphatic heterocycles. The molecular formula is C58H116N2O9. The first-order valence-corrected chi connectivity index (χ1v) is 29.8. The van der Waals surface area contributed by atoms with Crippen molar-refractivity contribution in [3.05, 3.63) is 0 Å². The lowest BCUT2D eigenvalue weighted by Gasteiger charge is -2.26. The molecule has 0 aliphatic carbocycles. The minimum Gasteiger partial charge on any atom is -0.462 e. The molecule has 0 bridgehead atoms. The summed E-state index contributed by atoms with van der Waals surface area (Å²) in [7, 11) is 0. The highest BCUT2D eigenvalue weighted by Gasteiger charge is 2.29. The Morgan fingerprint density at radius 1 is 0.406 bits per heavy atom. The van der Waals surface area contributed by atoms with Gasteiger partial charge in [0.15, 0.2) is 0 Å². The molecule has 6 N–H and O–H groups in total. The first-order valence-electron chi connectivity index (χ1n) is 29.8. The SMILES string of the molecule is CCCCCCCCC(CCCCCCCC)OC(=O)CCCCCCCN(CCCCCCCC(=O)OC(CCCCCCCC)CCCCCCCC)CCNC[C@H](O)[C@H](O)[C@@H](O)[C@@H](O)CO. The number of carbonyl (C=O) groups is 2. The van der Waals surface area contributed by atoms with Crippen LogP contribution in [-0.2, 0) is 19.1 Å². The number of rotatable bonds is 55. The molecule has 0 spiro atoms. The smallest absolute Gasteiger partial charge is 0.306 e. The van der Waals surface area contributed by atoms with Crippen LogP contribution in [0.1, 0.15) is 285 Å². The molecule has 0 saturated carbocycles. The molecule has 412 valence electrons. The number of nitrogens with one attached hydrogen (secondary N) is 1. The highest BCUT2D eigenvalue weighted by Crippen LogP contribution is 2.20. The maximum atomic E-state index is 12.9. The second kappa shape index (κ2) is 51.6. The summed E-state index contributed by atoms with van der Waals surface area (Å²) in [5, 5.41) is 52.5. The van der Waals surface area contributed by atoms with Crippen LogP contribution in [0, 0.1) is 0 Å². The molecule has 0 radical (unpaired) electrons. The molecule has 0 saturated heterocycles. The minimum absolute atomic E-state index is 0.0291. The van der Waals surface area contributed by atoms with Gasteiger partial charge in [-0.3, -0.25) is 9.59 Å². The molecule has 11 heteroatoms. The second-order valence-electron chi connectivity index (χ2n) is 20.8. The van der Waals surface area contributed by atoms with E-state index in [0.717, 1.165) is 135 Å². The normalized spacial score (nSPS) is 13.7. The Balaban J connectivity index is 4.87. The summed E-state index contributed by atoms with van der Waals surface area (Å²) in [6, 6.07) is 0. The molecule has 0 aromatic heterocycles. The highest BCUT2D eigenvalue weighted by atomic mass is 16.5. The quantitative estimate of drug-likeness (QED) is 0.0253. The van der Waals surface area contributed by atoms with Gasteiger partial charge in [0.05, 0.1) is 12.7 Å². The predicted molar refractivity (Wildman–Crippen MR) is 288 cm³/mol. The van der Waals surface area contributed by atoms with Crippen molar-refractivity contribution in [2.24, 2.45) is 0 Å². The number of hydrogen-bond donors (Lipinski definition) is 6. The van der Waals surface area contributed by atoms with E-state index in [4.69, 9.17) is 14.6 Å². The van der Waals surface area contributed by atoms with Crippen molar-refractivity contribution in [1.29, 1.82) is 0 Å². The van der Waals surface area contributed by atoms with E-state index in [9.17, 15) is 30.0 Å². The number of carbonyl (C=O) groups excluding carboxylic acids is 2. The van der Waals surface area contributed by atoms with E-state index in [0.29, 0.717) is 19.4 Å². The molecule has 0 heterocycles. The average Bonchev–Trinajstić information content (AvgIpc) is 3.34. The number of nitrogens with zero attached hydrogens (tertiary/aromatic N) is 1. The Kier molecular flexibility index (Phi) is 50.6. The Morgan fingerprint density at radius 3 is 1.06 bits per heavy atom. The van der Waals surface area contributed by atoms with Gasteiger partial charge in [0.1, 0.15) is 30.5 Å². The van der Waals surface area contributed by atoms with E-state index in [1.165, 1.54) is 128 Å². The van der Waals surface area contributed by atoms with Crippen LogP contribution in [0.5, 0.6) is 0 Å². The third kappa shape index (κ3) is 43.9. The van der Waals surface area contributed by atoms with E-state index in [2.05, 4.69) is 37.9 Å². The van der Waals surface area contributed by atoms with Gasteiger partial charge in [-0.25, -0.2) is 0 Å². The van der Waals surface area contributed by atoms with Crippen molar-refractivity contribution in [3.8, 4) is 0 Å². The number of esters is 2. The number of unbranched alkanes of at least 4 members (excludes halogenated alkanes) is 28. The van der Waals surface area contributed by atoms with Crippen molar-refractivity contribution in [2.45, 2.75) is 321 Å². The lowest BCUT2D eigenvalue weighted by Crippen LogP contribution is -2.49. The summed E-state index contributed by atoms with van der Waals surface area (Å²) in [5.41, 5.74) is 0. The molecule has 4 atom stereocenters. The minimum atomic E-state index is -1.64. The van der Waals surface area contributed by atoms with Gasteiger partial charge in [-0.05, 0) is 90.1 Å². The Bertz CT molecular complexity index is 990. The van der Waals surface area contributed by atoms with Crippen LogP contribution in [0.15, 0.2) is 0 Å². The van der Waals surface area contributed by atoms with Gasteiger partial charge >= 0.3 is 11.9 Å². The fourth-order valence-corrected chi connectivity index (χ4v) is 9.40. The van der Waals surface area contributed by atoms with Crippen LogP contribution in [-0.4, -0.2) is 118 Å². The summed E-state index contributed by atoms with van der Waals surface area (Å²) < 4.78 is 12.1. The standard InChI is InChI=1S/C58H116N2O9/c1-5-9-13-17-23-31-39-51(40-32-24-18-14-10-6-2)68-55(64)43-35-27-21-29-37-46-60(48-45-59-49-53(62)57(66)58(67)54(63)50-61)47-38-30-22-28-36-44-56(65)69-52(41-33-25-19-15-11-7-3)42-34-26-20-16-12-8-4/h51-54,57-59,61-63,66-67H,5-50H2,1-4H3/t53-,54-,57-,58-/m0/s1. The van der Waals surface area contributed by atoms with Crippen LogP contribution < -0.4 is 5.32 Å². The average molecular weight is 986 g/mol. The van der Waals surface area contributed by atoms with E-state index in [1.807, 2.05) is 0 Å². The largest absolute Gasteiger partial charge is 0.462 e. The summed E-state index contributed by atoms with van der Waals surface area (Å²) in [6.07, 6.45) is 39.3. The Labute approximate surface area is 425 Å². The van der Waals surface area contributed by atoms with Crippen LogP contribution >= 0.6 is 0 Å². The predicted octanol–water partition coefficient (Wildman–Crippen LogP) is 12.8. The molecule has 11 nitrogen and oxygen atoms in total. The fourth-order valence-electron chi connectivity index (χ4n) is 9.40. The van der Waals surface area contributed by atoms with Gasteiger partial charge in [-0.1, -0.05) is 195 Å². The maximum absolute atomic E-state index is 12.9. The number of aliphatic hydroxyl groups is 5. The van der Waals surface area contributed by atoms with E-state index >= 15 is 0 Å². The number of hydrogen-bond acceptors (Lipinski definition) is 11. The number of ether oxygens (including phenoxy) is 2. The topological polar surface area (TPSA) is 169 Å². The highest BCUT2D eigenvalue weighted by molar-refractivity contribution is 5.69. The van der Waals surface area contributed by atoms with Crippen LogP contribution in [0.3, 0.4) is 0 Å². The van der Waals surface area contributed by atoms with Crippen LogP contribution in [0.4, 0.5) is 0 Å². The molecule has 0 aromatic carbocycles. The third-order valence-electron chi connectivity index (χ3n) is 14.1. The van der Waals surface area contributed by atoms with Gasteiger partial charge in [0.2, 0.25) is 0 Å². The summed E-state index contributed by atoms with van der Waals surface area (Å²) in [6.45, 7) is 11.6. The number of aliphatic hydroxyl groups excluding tert-OH is 5. The van der Waals surface area contributed by atoms with E-state index in [1.54, 1.807) is 0 Å². The fraction of sp³-hybridized carbons (Fsp3) is 0.966. The molecule has 0 aliphatic rings. The van der Waals surface area contributed by atoms with Gasteiger partial charge in [0, 0.05) is 32.5 Å². The molecule has 0 aromatic rings. The van der Waals surface area contributed by atoms with Gasteiger partial charge in [-0.2, -0.15) is 0 Å². The zero-order valence-electron chi connectivity index (χ0n) is 45.8. The van der Waals surface area contributed by atoms with Crippen LogP contribution in [0.2, 0.25) is 0 Å². The lowest BCUT2D eigenvalue weighted by molar-refractivity contribution is -0.151. The van der Waals surface area contributed by atoms with Gasteiger partial charge < -0.3 is 45.2 Å². The zero-order chi connectivity index (χ0) is 50.8. The van der Waals surface area contributed by atoms with Crippen molar-refractivity contribution in [1.82, 2.24) is 10.2 Å². The first-order chi connectivity index (χ1) is 33.6. The zero-order valence-corrected chi connectivity index (χ0v) is 45.8. The summed E-state index contributed by atoms with van der Waals surface area (Å²) in [4.78, 5) is 28.3. The van der Waals surface area contributed by atoms with Crippen LogP contribution in [0.25, 0.3) is 0 Å². The van der Waals surface area contributed by atoms with Crippen molar-refractivity contribution in [2.75, 3.05) is 39.3 Å². The van der Waals surface area contributed by atoms with E-state index < -0.39 is 31.0 Å². The molecule has 0 fully saturated rings. The molecule has 0 rings (SSSR count). The Morgan fingerprint density at radius 2 is 0.710 bits per heavy atom. The summed E-state index contributed by atoms with van der Waals surface area (Å²) in [5.74, 6) is -0.0583. The molecule has 0 amide bonds. The first kappa shape index (κ1) is 67.7. The molecule has 69 heavy (non-hydrogen) atoms. The Hall–Kier alpha value is -1.34. The third-order valence-corrected chi connectivity index (χ3v) is 14.1. The molecular weight excluding hydrogens is 869 g/mol. The monoisotopic (exact) mass is 985 g/mol. The van der Waals surface area contributed by atoms with Gasteiger partial charge in [-0.15, -0.1) is 0 Å². The van der Waals surface area contributed by atoms with Crippen molar-refractivity contribution >= 4 is 11.9 Å². The summed E-state index contributed by atoms with van der Waals surface area (Å²) >= 11 is 0. The van der Waals surface area contributed by atoms with E-state index in [-0.39, 0.29) is 30.7 Å². The van der Waals surface area contributed by atoms with Gasteiger partial charge in [0.25, 0.3) is 0 Å². The maximum Gasteiger partial charge on any atom is 0.306 e. The molecule has 0 unspecified atom stereocenters. The van der Waals surface area contributed by atoms with Crippen molar-refractivity contribution in [3.63, 3.8) is 0 Å².